The van der Waals surface area contributed by atoms with Crippen LogP contribution in [0.5, 0.6) is 17.4 Å². The SMILES string of the molecule is COc1ccc(Oc2ccc(Nc3cc(=O)n(C[C@H](C)C(=O)NS(C)(=O)=O)c(=O)n3Cc3ccc(Cl)cc3)cc2)nc1. The maximum absolute atomic E-state index is 13.6. The fourth-order valence-electron chi connectivity index (χ4n) is 3.88. The largest absolute Gasteiger partial charge is 0.495 e. The second-order valence-electron chi connectivity index (χ2n) is 9.40. The molecule has 14 heteroatoms. The smallest absolute Gasteiger partial charge is 0.332 e. The van der Waals surface area contributed by atoms with Crippen LogP contribution in [0.15, 0.2) is 82.5 Å². The number of carbonyl (C=O) groups is 1. The minimum atomic E-state index is -3.81. The molecule has 0 fully saturated rings. The normalized spacial score (nSPS) is 11.9. The second kappa shape index (κ2) is 12.9. The molecule has 0 aliphatic carbocycles. The number of rotatable bonds is 11. The van der Waals surface area contributed by atoms with Crippen molar-refractivity contribution >= 4 is 39.0 Å². The molecule has 0 saturated heterocycles. The van der Waals surface area contributed by atoms with Gasteiger partial charge in [0.05, 0.1) is 32.0 Å². The number of hydrogen-bond acceptors (Lipinski definition) is 9. The van der Waals surface area contributed by atoms with Gasteiger partial charge in [0.2, 0.25) is 21.8 Å². The van der Waals surface area contributed by atoms with Crippen molar-refractivity contribution < 1.29 is 22.7 Å². The number of nitrogens with one attached hydrogen (secondary N) is 2. The van der Waals surface area contributed by atoms with E-state index < -0.39 is 33.1 Å². The number of aromatic nitrogens is 3. The Kier molecular flexibility index (Phi) is 9.33. The fraction of sp³-hybridized carbons (Fsp3) is 0.214. The van der Waals surface area contributed by atoms with E-state index in [1.54, 1.807) is 67.8 Å². The van der Waals surface area contributed by atoms with Crippen molar-refractivity contribution in [3.05, 3.63) is 104 Å². The summed E-state index contributed by atoms with van der Waals surface area (Å²) in [6.45, 7) is 1.17. The van der Waals surface area contributed by atoms with Crippen molar-refractivity contribution in [1.29, 1.82) is 0 Å². The Balaban J connectivity index is 1.63. The van der Waals surface area contributed by atoms with Crippen LogP contribution in [0, 0.1) is 5.92 Å². The Labute approximate surface area is 246 Å². The summed E-state index contributed by atoms with van der Waals surface area (Å²) >= 11 is 6.01. The summed E-state index contributed by atoms with van der Waals surface area (Å²) in [6, 6.07) is 18.3. The zero-order valence-corrected chi connectivity index (χ0v) is 24.5. The monoisotopic (exact) mass is 613 g/mol. The Hall–Kier alpha value is -4.62. The highest BCUT2D eigenvalue weighted by molar-refractivity contribution is 7.89. The minimum absolute atomic E-state index is 0.0763. The molecular formula is C28H28ClN5O7S. The molecule has 0 saturated carbocycles. The van der Waals surface area contributed by atoms with Crippen molar-refractivity contribution in [2.75, 3.05) is 18.7 Å². The van der Waals surface area contributed by atoms with Crippen molar-refractivity contribution in [3.63, 3.8) is 0 Å². The van der Waals surface area contributed by atoms with E-state index in [0.717, 1.165) is 16.4 Å². The molecule has 0 bridgehead atoms. The zero-order chi connectivity index (χ0) is 30.4. The van der Waals surface area contributed by atoms with Crippen molar-refractivity contribution in [1.82, 2.24) is 18.8 Å². The predicted octanol–water partition coefficient (Wildman–Crippen LogP) is 3.36. The maximum Gasteiger partial charge on any atom is 0.332 e. The van der Waals surface area contributed by atoms with Gasteiger partial charge in [-0.1, -0.05) is 30.7 Å². The van der Waals surface area contributed by atoms with Gasteiger partial charge in [0, 0.05) is 29.4 Å². The topological polar surface area (TPSA) is 151 Å². The Bertz CT molecular complexity index is 1790. The summed E-state index contributed by atoms with van der Waals surface area (Å²) < 4.78 is 37.9. The third kappa shape index (κ3) is 7.98. The summed E-state index contributed by atoms with van der Waals surface area (Å²) in [6.07, 6.45) is 2.38. The van der Waals surface area contributed by atoms with Crippen LogP contribution in [0.4, 0.5) is 11.5 Å². The lowest BCUT2D eigenvalue weighted by Gasteiger charge is -2.18. The van der Waals surface area contributed by atoms with Gasteiger partial charge in [0.25, 0.3) is 5.56 Å². The molecule has 2 N–H and O–H groups in total. The minimum Gasteiger partial charge on any atom is -0.495 e. The molecule has 0 aliphatic rings. The van der Waals surface area contributed by atoms with E-state index in [4.69, 9.17) is 21.1 Å². The molecule has 2 aromatic heterocycles. The average Bonchev–Trinajstić information content (AvgIpc) is 2.94. The Morgan fingerprint density at radius 3 is 2.26 bits per heavy atom. The summed E-state index contributed by atoms with van der Waals surface area (Å²) in [5.74, 6) is -0.136. The first-order chi connectivity index (χ1) is 19.9. The highest BCUT2D eigenvalue weighted by Gasteiger charge is 2.21. The number of nitrogens with zero attached hydrogens (tertiary/aromatic N) is 3. The molecule has 0 spiro atoms. The van der Waals surface area contributed by atoms with Gasteiger partial charge in [0.1, 0.15) is 17.3 Å². The van der Waals surface area contributed by atoms with Crippen LogP contribution >= 0.6 is 11.6 Å². The average molecular weight is 614 g/mol. The van der Waals surface area contributed by atoms with Crippen LogP contribution in [-0.2, 0) is 27.9 Å². The van der Waals surface area contributed by atoms with Crippen molar-refractivity contribution in [2.24, 2.45) is 5.92 Å². The van der Waals surface area contributed by atoms with E-state index in [0.29, 0.717) is 28.1 Å². The van der Waals surface area contributed by atoms with E-state index in [-0.39, 0.29) is 18.9 Å². The Morgan fingerprint density at radius 1 is 1.00 bits per heavy atom. The summed E-state index contributed by atoms with van der Waals surface area (Å²) in [7, 11) is -2.26. The van der Waals surface area contributed by atoms with Gasteiger partial charge in [-0.25, -0.2) is 18.2 Å². The molecule has 12 nitrogen and oxygen atoms in total. The highest BCUT2D eigenvalue weighted by atomic mass is 35.5. The van der Waals surface area contributed by atoms with Gasteiger partial charge < -0.3 is 14.8 Å². The number of carbonyl (C=O) groups excluding carboxylic acids is 1. The van der Waals surface area contributed by atoms with Crippen LogP contribution in [0.3, 0.4) is 0 Å². The molecule has 0 unspecified atom stereocenters. The van der Waals surface area contributed by atoms with Crippen molar-refractivity contribution in [2.45, 2.75) is 20.0 Å². The predicted molar refractivity (Wildman–Crippen MR) is 158 cm³/mol. The molecule has 1 atom stereocenters. The number of halogens is 1. The van der Waals surface area contributed by atoms with Gasteiger partial charge in [-0.3, -0.25) is 23.4 Å². The first-order valence-electron chi connectivity index (χ1n) is 12.6. The third-order valence-electron chi connectivity index (χ3n) is 6.02. The first kappa shape index (κ1) is 30.3. The molecule has 4 aromatic rings. The number of amides is 1. The molecule has 0 radical (unpaired) electrons. The molecule has 220 valence electrons. The van der Waals surface area contributed by atoms with Gasteiger partial charge in [0.15, 0.2) is 0 Å². The number of sulfonamides is 1. The van der Waals surface area contributed by atoms with Gasteiger partial charge in [-0.2, -0.15) is 0 Å². The maximum atomic E-state index is 13.6. The fourth-order valence-corrected chi connectivity index (χ4v) is 4.57. The number of anilines is 2. The second-order valence-corrected chi connectivity index (χ2v) is 11.6. The Morgan fingerprint density at radius 2 is 1.67 bits per heavy atom. The van der Waals surface area contributed by atoms with Gasteiger partial charge in [-0.15, -0.1) is 0 Å². The molecule has 42 heavy (non-hydrogen) atoms. The third-order valence-corrected chi connectivity index (χ3v) is 6.84. The molecule has 2 heterocycles. The first-order valence-corrected chi connectivity index (χ1v) is 14.8. The van der Waals surface area contributed by atoms with Gasteiger partial charge in [-0.05, 0) is 48.0 Å². The number of methoxy groups -OCH3 is 1. The lowest BCUT2D eigenvalue weighted by molar-refractivity contribution is -0.123. The van der Waals surface area contributed by atoms with Crippen LogP contribution in [-0.4, -0.2) is 41.8 Å². The zero-order valence-electron chi connectivity index (χ0n) is 22.9. The molecule has 4 rings (SSSR count). The van der Waals surface area contributed by atoms with E-state index in [1.807, 2.05) is 4.72 Å². The molecule has 2 aromatic carbocycles. The number of benzene rings is 2. The molecular weight excluding hydrogens is 586 g/mol. The van der Waals surface area contributed by atoms with Crippen LogP contribution < -0.4 is 30.8 Å². The quantitative estimate of drug-likeness (QED) is 0.259. The summed E-state index contributed by atoms with van der Waals surface area (Å²) in [5.41, 5.74) is -0.0652. The van der Waals surface area contributed by atoms with E-state index in [1.165, 1.54) is 23.8 Å². The van der Waals surface area contributed by atoms with E-state index in [2.05, 4.69) is 10.3 Å². The lowest BCUT2D eigenvalue weighted by Crippen LogP contribution is -2.44. The van der Waals surface area contributed by atoms with Crippen molar-refractivity contribution in [3.8, 4) is 17.4 Å². The number of hydrogen-bond donors (Lipinski definition) is 2. The standard InChI is InChI=1S/C28H28ClN5O7S/c1-18(27(36)32-42(3,38)39)16-34-26(35)14-24(33(28(34)37)17-19-4-6-20(29)7-5-19)31-21-8-10-22(11-9-21)41-25-13-12-23(40-2)15-30-25/h4-15,18,31H,16-17H2,1-3H3,(H,32,36)/t18-/m0/s1. The van der Waals surface area contributed by atoms with E-state index >= 15 is 0 Å². The van der Waals surface area contributed by atoms with Gasteiger partial charge >= 0.3 is 5.69 Å². The molecule has 0 aliphatic heterocycles. The number of ether oxygens (including phenoxy) is 2. The highest BCUT2D eigenvalue weighted by Crippen LogP contribution is 2.24. The molecule has 1 amide bonds. The van der Waals surface area contributed by atoms with E-state index in [9.17, 15) is 22.8 Å². The summed E-state index contributed by atoms with van der Waals surface area (Å²) in [4.78, 5) is 43.1. The number of pyridine rings is 1. The van der Waals surface area contributed by atoms with Crippen LogP contribution in [0.1, 0.15) is 12.5 Å². The summed E-state index contributed by atoms with van der Waals surface area (Å²) in [5, 5.41) is 3.62. The lowest BCUT2D eigenvalue weighted by atomic mass is 10.1. The van der Waals surface area contributed by atoms with Crippen LogP contribution in [0.25, 0.3) is 0 Å². The van der Waals surface area contributed by atoms with Crippen LogP contribution in [0.2, 0.25) is 5.02 Å².